The quantitative estimate of drug-likeness (QED) is 0.206. The normalized spacial score (nSPS) is 16.3. The van der Waals surface area contributed by atoms with E-state index in [9.17, 15) is 13.6 Å². The predicted molar refractivity (Wildman–Crippen MR) is 177 cm³/mol. The number of benzene rings is 2. The number of pyridine rings is 1. The van der Waals surface area contributed by atoms with Crippen molar-refractivity contribution in [3.63, 3.8) is 0 Å². The van der Waals surface area contributed by atoms with Gasteiger partial charge in [0.2, 0.25) is 0 Å². The van der Waals surface area contributed by atoms with Crippen LogP contribution in [0, 0.1) is 11.6 Å². The largest absolute Gasteiger partial charge is 0.496 e. The van der Waals surface area contributed by atoms with Crippen LogP contribution in [0.25, 0.3) is 21.2 Å². The maximum absolute atomic E-state index is 14.7. The molecule has 2 heterocycles. The first-order valence-electron chi connectivity index (χ1n) is 13.6. The van der Waals surface area contributed by atoms with Crippen LogP contribution in [-0.4, -0.2) is 56.1 Å². The minimum atomic E-state index is -0.647. The smallest absolute Gasteiger partial charge is 0.266 e. The Morgan fingerprint density at radius 1 is 1.05 bits per heavy atom. The number of carbonyl (C=O) groups is 1. The second-order valence-corrected chi connectivity index (χ2v) is 11.9. The van der Waals surface area contributed by atoms with E-state index in [1.54, 1.807) is 18.2 Å². The van der Waals surface area contributed by atoms with E-state index in [4.69, 9.17) is 16.3 Å². The van der Waals surface area contributed by atoms with Crippen LogP contribution in [0.15, 0.2) is 48.7 Å². The molecular weight excluding hydrogens is 637 g/mol. The molecule has 1 aliphatic carbocycles. The first kappa shape index (κ1) is 34.8. The second kappa shape index (κ2) is 14.9. The molecular formula is C31H35Cl3F2N4O2S. The Hall–Kier alpha value is -2.69. The molecule has 0 radical (unpaired) electrons. The number of aromatic nitrogens is 1. The molecule has 1 saturated carbocycles. The van der Waals surface area contributed by atoms with Crippen LogP contribution in [0.5, 0.6) is 5.75 Å². The SMILES string of the molecule is CNC1CCC(N(Cc2cc(-c3ccnc(N(C)C)c3)ccc2OC)C(=O)c2sc3c(F)ccc(F)c3c2Cl)CC1.Cl.Cl. The molecule has 0 atom stereocenters. The van der Waals surface area contributed by atoms with E-state index in [2.05, 4.69) is 10.3 Å². The van der Waals surface area contributed by atoms with Crippen LogP contribution >= 0.6 is 47.8 Å². The highest BCUT2D eigenvalue weighted by Gasteiger charge is 2.33. The van der Waals surface area contributed by atoms with Crippen LogP contribution in [0.2, 0.25) is 5.02 Å². The lowest BCUT2D eigenvalue weighted by atomic mass is 9.89. The molecule has 12 heteroatoms. The summed E-state index contributed by atoms with van der Waals surface area (Å²) in [5.41, 5.74) is 2.77. The van der Waals surface area contributed by atoms with Gasteiger partial charge < -0.3 is 19.9 Å². The Morgan fingerprint density at radius 2 is 1.72 bits per heavy atom. The summed E-state index contributed by atoms with van der Waals surface area (Å²) in [6, 6.07) is 12.3. The number of thiophene rings is 1. The van der Waals surface area contributed by atoms with Crippen molar-refractivity contribution in [2.45, 2.75) is 44.3 Å². The third-order valence-corrected chi connectivity index (χ3v) is 9.52. The summed E-state index contributed by atoms with van der Waals surface area (Å²) in [6.07, 6.45) is 5.18. The molecule has 1 amide bonds. The average molecular weight is 672 g/mol. The van der Waals surface area contributed by atoms with E-state index in [-0.39, 0.29) is 63.3 Å². The number of halogens is 5. The predicted octanol–water partition coefficient (Wildman–Crippen LogP) is 7.99. The molecule has 1 fully saturated rings. The second-order valence-electron chi connectivity index (χ2n) is 10.5. The summed E-state index contributed by atoms with van der Waals surface area (Å²) in [5, 5.41) is 3.24. The van der Waals surface area contributed by atoms with Crippen LogP contribution < -0.4 is 15.0 Å². The van der Waals surface area contributed by atoms with E-state index < -0.39 is 11.6 Å². The number of hydrogen-bond acceptors (Lipinski definition) is 6. The molecule has 232 valence electrons. The number of nitrogens with zero attached hydrogens (tertiary/aromatic N) is 3. The van der Waals surface area contributed by atoms with E-state index in [0.29, 0.717) is 11.8 Å². The van der Waals surface area contributed by atoms with E-state index in [1.807, 2.05) is 56.4 Å². The van der Waals surface area contributed by atoms with E-state index in [1.165, 1.54) is 0 Å². The number of carbonyl (C=O) groups excluding carboxylic acids is 1. The molecule has 2 aromatic carbocycles. The summed E-state index contributed by atoms with van der Waals surface area (Å²) in [7, 11) is 7.43. The van der Waals surface area contributed by atoms with Gasteiger partial charge in [0.25, 0.3) is 5.91 Å². The summed E-state index contributed by atoms with van der Waals surface area (Å²) in [6.45, 7) is 0.256. The number of rotatable bonds is 8. The van der Waals surface area contributed by atoms with Crippen molar-refractivity contribution in [2.24, 2.45) is 0 Å². The molecule has 0 saturated heterocycles. The van der Waals surface area contributed by atoms with Gasteiger partial charge in [-0.15, -0.1) is 36.2 Å². The maximum Gasteiger partial charge on any atom is 0.266 e. The first-order chi connectivity index (χ1) is 19.7. The standard InChI is InChI=1S/C31H33ClF2N4O2S.2ClH/c1-35-21-6-8-22(9-7-21)38(31(39)30-28(32)27-23(33)10-11-24(34)29(27)41-30)17-20-15-18(5-12-25(20)40-4)19-13-14-36-26(16-19)37(2)3;;/h5,10-16,21-22,35H,6-9,17H2,1-4H3;2*1H. The Morgan fingerprint density at radius 3 is 2.35 bits per heavy atom. The fraction of sp³-hybridized carbons (Fsp3) is 0.355. The molecule has 2 aromatic heterocycles. The molecule has 4 aromatic rings. The molecule has 6 nitrogen and oxygen atoms in total. The molecule has 5 rings (SSSR count). The van der Waals surface area contributed by atoms with Crippen molar-refractivity contribution in [1.29, 1.82) is 0 Å². The Bertz CT molecular complexity index is 1580. The Balaban J connectivity index is 0.00000253. The number of ether oxygens (including phenoxy) is 1. The fourth-order valence-electron chi connectivity index (χ4n) is 5.52. The first-order valence-corrected chi connectivity index (χ1v) is 14.8. The van der Waals surface area contributed by atoms with Gasteiger partial charge >= 0.3 is 0 Å². The van der Waals surface area contributed by atoms with Crippen LogP contribution in [-0.2, 0) is 6.54 Å². The van der Waals surface area contributed by atoms with E-state index >= 15 is 0 Å². The highest BCUT2D eigenvalue weighted by atomic mass is 35.5. The third-order valence-electron chi connectivity index (χ3n) is 7.84. The molecule has 0 bridgehead atoms. The zero-order chi connectivity index (χ0) is 29.3. The van der Waals surface area contributed by atoms with Crippen molar-refractivity contribution in [3.05, 3.63) is 75.8 Å². The number of fused-ring (bicyclic) bond motifs is 1. The number of amides is 1. The van der Waals surface area contributed by atoms with Crippen molar-refractivity contribution >= 4 is 69.6 Å². The highest BCUT2D eigenvalue weighted by Crippen LogP contribution is 2.40. The lowest BCUT2D eigenvalue weighted by Gasteiger charge is -2.37. The molecule has 0 spiro atoms. The molecule has 1 N–H and O–H groups in total. The topological polar surface area (TPSA) is 57.7 Å². The summed E-state index contributed by atoms with van der Waals surface area (Å²) >= 11 is 7.48. The third kappa shape index (κ3) is 7.18. The lowest BCUT2D eigenvalue weighted by Crippen LogP contribution is -2.44. The maximum atomic E-state index is 14.7. The summed E-state index contributed by atoms with van der Waals surface area (Å²) in [5.74, 6) is -0.105. The number of anilines is 1. The minimum absolute atomic E-state index is 0. The van der Waals surface area contributed by atoms with Gasteiger partial charge in [-0.25, -0.2) is 13.8 Å². The number of methoxy groups -OCH3 is 1. The fourth-order valence-corrected chi connectivity index (χ4v) is 7.02. The molecule has 43 heavy (non-hydrogen) atoms. The van der Waals surface area contributed by atoms with E-state index in [0.717, 1.165) is 71.7 Å². The monoisotopic (exact) mass is 670 g/mol. The van der Waals surface area contributed by atoms with Gasteiger partial charge in [-0.2, -0.15) is 0 Å². The van der Waals surface area contributed by atoms with Gasteiger partial charge in [0.1, 0.15) is 28.1 Å². The van der Waals surface area contributed by atoms with Crippen LogP contribution in [0.4, 0.5) is 14.6 Å². The molecule has 0 unspecified atom stereocenters. The van der Waals surface area contributed by atoms with Crippen molar-refractivity contribution < 1.29 is 18.3 Å². The molecule has 0 aliphatic heterocycles. The van der Waals surface area contributed by atoms with Gasteiger partial charge in [-0.1, -0.05) is 17.7 Å². The summed E-state index contributed by atoms with van der Waals surface area (Å²) < 4.78 is 35.1. The summed E-state index contributed by atoms with van der Waals surface area (Å²) in [4.78, 5) is 22.5. The van der Waals surface area contributed by atoms with Crippen LogP contribution in [0.1, 0.15) is 40.9 Å². The van der Waals surface area contributed by atoms with Crippen molar-refractivity contribution in [1.82, 2.24) is 15.2 Å². The minimum Gasteiger partial charge on any atom is -0.496 e. The average Bonchev–Trinajstić information content (AvgIpc) is 3.35. The van der Waals surface area contributed by atoms with Gasteiger partial charge in [0.15, 0.2) is 0 Å². The zero-order valence-electron chi connectivity index (χ0n) is 24.3. The van der Waals surface area contributed by atoms with Gasteiger partial charge in [-0.3, -0.25) is 4.79 Å². The number of nitrogens with one attached hydrogen (secondary N) is 1. The zero-order valence-corrected chi connectivity index (χ0v) is 27.5. The van der Waals surface area contributed by atoms with Crippen molar-refractivity contribution in [3.8, 4) is 16.9 Å². The Labute approximate surface area is 272 Å². The highest BCUT2D eigenvalue weighted by molar-refractivity contribution is 7.21. The lowest BCUT2D eigenvalue weighted by molar-refractivity contribution is 0.0604. The van der Waals surface area contributed by atoms with Crippen LogP contribution in [0.3, 0.4) is 0 Å². The molecule has 1 aliphatic rings. The Kier molecular flexibility index (Phi) is 12.0. The van der Waals surface area contributed by atoms with Gasteiger partial charge in [0.05, 0.1) is 22.2 Å². The van der Waals surface area contributed by atoms with Gasteiger partial charge in [0, 0.05) is 44.5 Å². The van der Waals surface area contributed by atoms with Gasteiger partial charge in [-0.05, 0) is 80.3 Å². The number of hydrogen-bond donors (Lipinski definition) is 1. The van der Waals surface area contributed by atoms with Crippen molar-refractivity contribution in [2.75, 3.05) is 33.2 Å².